The van der Waals surface area contributed by atoms with Crippen LogP contribution < -0.4 is 10.6 Å². The van der Waals surface area contributed by atoms with E-state index in [1.54, 1.807) is 0 Å². The van der Waals surface area contributed by atoms with Gasteiger partial charge < -0.3 is 15.7 Å². The third-order valence-electron chi connectivity index (χ3n) is 4.67. The number of aliphatic hydroxyl groups is 1. The largest absolute Gasteiger partial charge is 0.391 e. The number of hydrogen-bond donors (Lipinski definition) is 3. The maximum Gasteiger partial charge on any atom is 0.191 e. The molecule has 0 aliphatic rings. The van der Waals surface area contributed by atoms with Crippen LogP contribution in [0.15, 0.2) is 35.3 Å². The molecule has 3 N–H and O–H groups in total. The highest BCUT2D eigenvalue weighted by molar-refractivity contribution is 14.0. The third kappa shape index (κ3) is 7.43. The topological polar surface area (TPSA) is 74.5 Å². The minimum absolute atomic E-state index is 0. The normalized spacial score (nSPS) is 13.6. The van der Waals surface area contributed by atoms with Gasteiger partial charge in [-0.05, 0) is 45.2 Å². The van der Waals surface area contributed by atoms with Crippen molar-refractivity contribution in [1.29, 1.82) is 0 Å². The standard InChI is InChI=1S/C21H33N5O.HI/c1-6-22-21(23-14-19(27)13-18-10-8-7-9-11-18)24-15(2)12-20-16(3)25-26(5)17(20)4;/h7-11,15,19,27H,6,12-14H2,1-5H3,(H2,22,23,24);1H. The van der Waals surface area contributed by atoms with E-state index in [4.69, 9.17) is 0 Å². The van der Waals surface area contributed by atoms with E-state index in [9.17, 15) is 5.11 Å². The number of aliphatic imine (C=N–C) groups is 1. The minimum atomic E-state index is -0.499. The van der Waals surface area contributed by atoms with Crippen molar-refractivity contribution in [3.8, 4) is 0 Å². The fraction of sp³-hybridized carbons (Fsp3) is 0.524. The Labute approximate surface area is 185 Å². The number of aromatic nitrogens is 2. The highest BCUT2D eigenvalue weighted by atomic mass is 127. The molecular formula is C21H34IN5O. The molecule has 156 valence electrons. The summed E-state index contributed by atoms with van der Waals surface area (Å²) in [5, 5.41) is 21.5. The molecule has 2 unspecified atom stereocenters. The summed E-state index contributed by atoms with van der Waals surface area (Å²) in [5.41, 5.74) is 4.66. The van der Waals surface area contributed by atoms with Crippen LogP contribution in [0.25, 0.3) is 0 Å². The molecule has 2 rings (SSSR count). The average Bonchev–Trinajstić information content (AvgIpc) is 2.87. The lowest BCUT2D eigenvalue weighted by atomic mass is 10.1. The molecule has 0 spiro atoms. The summed E-state index contributed by atoms with van der Waals surface area (Å²) >= 11 is 0. The second kappa shape index (κ2) is 12.1. The predicted molar refractivity (Wildman–Crippen MR) is 127 cm³/mol. The Hall–Kier alpha value is -1.61. The van der Waals surface area contributed by atoms with Crippen molar-refractivity contribution < 1.29 is 5.11 Å². The Morgan fingerprint density at radius 2 is 1.89 bits per heavy atom. The van der Waals surface area contributed by atoms with Crippen LogP contribution in [0.4, 0.5) is 0 Å². The quantitative estimate of drug-likeness (QED) is 0.297. The Morgan fingerprint density at radius 3 is 2.46 bits per heavy atom. The molecule has 2 atom stereocenters. The number of hydrogen-bond acceptors (Lipinski definition) is 3. The van der Waals surface area contributed by atoms with Crippen molar-refractivity contribution in [2.45, 2.75) is 52.7 Å². The summed E-state index contributed by atoms with van der Waals surface area (Å²) in [6, 6.07) is 10.2. The van der Waals surface area contributed by atoms with Crippen LogP contribution in [0.2, 0.25) is 0 Å². The lowest BCUT2D eigenvalue weighted by Crippen LogP contribution is -2.43. The number of nitrogens with zero attached hydrogens (tertiary/aromatic N) is 3. The first-order valence-corrected chi connectivity index (χ1v) is 9.66. The molecule has 28 heavy (non-hydrogen) atoms. The van der Waals surface area contributed by atoms with Crippen LogP contribution in [0.3, 0.4) is 0 Å². The van der Waals surface area contributed by atoms with Gasteiger partial charge in [0.1, 0.15) is 0 Å². The number of benzene rings is 1. The zero-order valence-electron chi connectivity index (χ0n) is 17.6. The molecule has 0 bridgehead atoms. The zero-order chi connectivity index (χ0) is 19.8. The van der Waals surface area contributed by atoms with Crippen LogP contribution in [-0.4, -0.2) is 46.1 Å². The van der Waals surface area contributed by atoms with Crippen LogP contribution >= 0.6 is 24.0 Å². The van der Waals surface area contributed by atoms with Gasteiger partial charge in [-0.25, -0.2) is 0 Å². The molecule has 1 aromatic carbocycles. The van der Waals surface area contributed by atoms with E-state index in [0.717, 1.165) is 30.2 Å². The first kappa shape index (κ1) is 24.4. The SMILES string of the molecule is CCNC(=NCC(O)Cc1ccccc1)NC(C)Cc1c(C)nn(C)c1C.I. The summed E-state index contributed by atoms with van der Waals surface area (Å²) < 4.78 is 1.93. The summed E-state index contributed by atoms with van der Waals surface area (Å²) in [4.78, 5) is 4.56. The molecule has 7 heteroatoms. The molecule has 0 fully saturated rings. The lowest BCUT2D eigenvalue weighted by Gasteiger charge is -2.19. The fourth-order valence-corrected chi connectivity index (χ4v) is 3.17. The highest BCUT2D eigenvalue weighted by Gasteiger charge is 2.14. The van der Waals surface area contributed by atoms with Gasteiger partial charge in [-0.15, -0.1) is 24.0 Å². The summed E-state index contributed by atoms with van der Waals surface area (Å²) in [7, 11) is 1.98. The van der Waals surface area contributed by atoms with E-state index in [2.05, 4.69) is 34.6 Å². The van der Waals surface area contributed by atoms with Gasteiger partial charge >= 0.3 is 0 Å². The lowest BCUT2D eigenvalue weighted by molar-refractivity contribution is 0.183. The molecule has 1 aromatic heterocycles. The number of nitrogens with one attached hydrogen (secondary N) is 2. The molecule has 0 saturated carbocycles. The van der Waals surface area contributed by atoms with E-state index < -0.39 is 6.10 Å². The van der Waals surface area contributed by atoms with E-state index in [-0.39, 0.29) is 30.0 Å². The van der Waals surface area contributed by atoms with E-state index in [0.29, 0.717) is 13.0 Å². The second-order valence-corrected chi connectivity index (χ2v) is 7.09. The average molecular weight is 499 g/mol. The third-order valence-corrected chi connectivity index (χ3v) is 4.67. The molecular weight excluding hydrogens is 465 g/mol. The van der Waals surface area contributed by atoms with Gasteiger partial charge in [0.05, 0.1) is 18.3 Å². The molecule has 0 aliphatic heterocycles. The first-order valence-electron chi connectivity index (χ1n) is 9.66. The highest BCUT2D eigenvalue weighted by Crippen LogP contribution is 2.14. The second-order valence-electron chi connectivity index (χ2n) is 7.09. The molecule has 0 aliphatic carbocycles. The summed E-state index contributed by atoms with van der Waals surface area (Å²) in [6.45, 7) is 9.46. The van der Waals surface area contributed by atoms with Crippen molar-refractivity contribution >= 4 is 29.9 Å². The van der Waals surface area contributed by atoms with Crippen molar-refractivity contribution in [1.82, 2.24) is 20.4 Å². The number of aliphatic hydroxyl groups excluding tert-OH is 1. The van der Waals surface area contributed by atoms with Crippen LogP contribution in [0.5, 0.6) is 0 Å². The van der Waals surface area contributed by atoms with Crippen LogP contribution in [0, 0.1) is 13.8 Å². The maximum atomic E-state index is 10.3. The van der Waals surface area contributed by atoms with Crippen molar-refractivity contribution in [3.05, 3.63) is 52.8 Å². The molecule has 0 amide bonds. The fourth-order valence-electron chi connectivity index (χ4n) is 3.17. The van der Waals surface area contributed by atoms with E-state index in [1.807, 2.05) is 55.9 Å². The monoisotopic (exact) mass is 499 g/mol. The van der Waals surface area contributed by atoms with Gasteiger partial charge in [0.15, 0.2) is 5.96 Å². The van der Waals surface area contributed by atoms with Crippen LogP contribution in [-0.2, 0) is 19.9 Å². The van der Waals surface area contributed by atoms with Gasteiger partial charge in [-0.3, -0.25) is 9.67 Å². The Balaban J connectivity index is 0.00000392. The van der Waals surface area contributed by atoms with E-state index in [1.165, 1.54) is 11.3 Å². The summed E-state index contributed by atoms with van der Waals surface area (Å²) in [5.74, 6) is 0.733. The predicted octanol–water partition coefficient (Wildman–Crippen LogP) is 2.74. The van der Waals surface area contributed by atoms with Gasteiger partial charge in [-0.1, -0.05) is 30.3 Å². The van der Waals surface area contributed by atoms with Crippen molar-refractivity contribution in [3.63, 3.8) is 0 Å². The Morgan fingerprint density at radius 1 is 1.21 bits per heavy atom. The van der Waals surface area contributed by atoms with Gasteiger partial charge in [-0.2, -0.15) is 5.10 Å². The van der Waals surface area contributed by atoms with Gasteiger partial charge in [0, 0.05) is 31.7 Å². The van der Waals surface area contributed by atoms with Crippen LogP contribution in [0.1, 0.15) is 36.4 Å². The maximum absolute atomic E-state index is 10.3. The smallest absolute Gasteiger partial charge is 0.191 e. The molecule has 2 aromatic rings. The number of aryl methyl sites for hydroxylation is 2. The Bertz CT molecular complexity index is 745. The minimum Gasteiger partial charge on any atom is -0.391 e. The number of rotatable bonds is 8. The molecule has 6 nitrogen and oxygen atoms in total. The van der Waals surface area contributed by atoms with Gasteiger partial charge in [0.2, 0.25) is 0 Å². The summed E-state index contributed by atoms with van der Waals surface area (Å²) in [6.07, 6.45) is 0.983. The number of guanidine groups is 1. The number of halogens is 1. The van der Waals surface area contributed by atoms with Gasteiger partial charge in [0.25, 0.3) is 0 Å². The first-order chi connectivity index (χ1) is 12.9. The van der Waals surface area contributed by atoms with Crippen molar-refractivity contribution in [2.75, 3.05) is 13.1 Å². The molecule has 1 heterocycles. The van der Waals surface area contributed by atoms with Crippen molar-refractivity contribution in [2.24, 2.45) is 12.0 Å². The Kier molecular flexibility index (Phi) is 10.5. The van der Waals surface area contributed by atoms with E-state index >= 15 is 0 Å². The zero-order valence-corrected chi connectivity index (χ0v) is 19.9. The molecule has 0 saturated heterocycles. The molecule has 0 radical (unpaired) electrons.